The van der Waals surface area contributed by atoms with Crippen LogP contribution in [-0.4, -0.2) is 17.4 Å². The predicted molar refractivity (Wildman–Crippen MR) is 75.1 cm³/mol. The van der Waals surface area contributed by atoms with Crippen LogP contribution in [0.4, 0.5) is 0 Å². The van der Waals surface area contributed by atoms with Gasteiger partial charge in [0, 0.05) is 28.8 Å². The summed E-state index contributed by atoms with van der Waals surface area (Å²) in [6.45, 7) is 2.65. The number of hydrogen-bond donors (Lipinski definition) is 0. The van der Waals surface area contributed by atoms with E-state index >= 15 is 0 Å². The number of carbonyl (C=O) groups is 1. The number of fused-ring (bicyclic) bond motifs is 1. The fourth-order valence-corrected chi connectivity index (χ4v) is 3.18. The number of ether oxygens (including phenoxy) is 1. The van der Waals surface area contributed by atoms with Crippen LogP contribution >= 0.6 is 11.3 Å². The SMILES string of the molecule is Cc1ncsc1CCOc1cccc2c1CCC2=O. The van der Waals surface area contributed by atoms with Gasteiger partial charge in [0.1, 0.15) is 5.75 Å². The normalized spacial score (nSPS) is 13.6. The third kappa shape index (κ3) is 2.40. The minimum absolute atomic E-state index is 0.235. The van der Waals surface area contributed by atoms with Gasteiger partial charge in [0.25, 0.3) is 0 Å². The highest BCUT2D eigenvalue weighted by atomic mass is 32.1. The van der Waals surface area contributed by atoms with E-state index in [-0.39, 0.29) is 5.78 Å². The standard InChI is InChI=1S/C15H15NO2S/c1-10-15(19-9-16-10)7-8-18-14-4-2-3-11-12(14)5-6-13(11)17/h2-4,9H,5-8H2,1H3. The lowest BCUT2D eigenvalue weighted by atomic mass is 10.1. The molecule has 0 spiro atoms. The van der Waals surface area contributed by atoms with Crippen molar-refractivity contribution in [1.82, 2.24) is 4.98 Å². The number of thiazole rings is 1. The van der Waals surface area contributed by atoms with E-state index < -0.39 is 0 Å². The summed E-state index contributed by atoms with van der Waals surface area (Å²) in [4.78, 5) is 17.2. The molecule has 2 aromatic rings. The van der Waals surface area contributed by atoms with Crippen LogP contribution in [0.3, 0.4) is 0 Å². The van der Waals surface area contributed by atoms with E-state index in [9.17, 15) is 4.79 Å². The molecule has 3 nitrogen and oxygen atoms in total. The van der Waals surface area contributed by atoms with Crippen molar-refractivity contribution >= 4 is 17.1 Å². The molecule has 1 aromatic carbocycles. The number of ketones is 1. The largest absolute Gasteiger partial charge is 0.493 e. The topological polar surface area (TPSA) is 39.2 Å². The molecular weight excluding hydrogens is 258 g/mol. The smallest absolute Gasteiger partial charge is 0.163 e. The maximum absolute atomic E-state index is 11.7. The van der Waals surface area contributed by atoms with Crippen molar-refractivity contribution in [3.63, 3.8) is 0 Å². The lowest BCUT2D eigenvalue weighted by Gasteiger charge is -2.09. The van der Waals surface area contributed by atoms with Crippen molar-refractivity contribution in [1.29, 1.82) is 0 Å². The lowest BCUT2D eigenvalue weighted by molar-refractivity contribution is 0.0994. The van der Waals surface area contributed by atoms with Crippen LogP contribution in [0, 0.1) is 6.92 Å². The monoisotopic (exact) mass is 273 g/mol. The van der Waals surface area contributed by atoms with Crippen molar-refractivity contribution in [2.45, 2.75) is 26.2 Å². The molecule has 98 valence electrons. The van der Waals surface area contributed by atoms with Gasteiger partial charge in [0.2, 0.25) is 0 Å². The molecule has 0 unspecified atom stereocenters. The second-order valence-corrected chi connectivity index (χ2v) is 5.60. The molecular formula is C15H15NO2S. The fraction of sp³-hybridized carbons (Fsp3) is 0.333. The highest BCUT2D eigenvalue weighted by Crippen LogP contribution is 2.30. The van der Waals surface area contributed by atoms with Crippen LogP contribution in [0.2, 0.25) is 0 Å². The van der Waals surface area contributed by atoms with Gasteiger partial charge in [-0.3, -0.25) is 4.79 Å². The highest BCUT2D eigenvalue weighted by Gasteiger charge is 2.22. The molecule has 1 aliphatic rings. The molecule has 0 saturated carbocycles. The summed E-state index contributed by atoms with van der Waals surface area (Å²) < 4.78 is 5.85. The van der Waals surface area contributed by atoms with E-state index in [0.717, 1.165) is 35.4 Å². The van der Waals surface area contributed by atoms with E-state index in [0.29, 0.717) is 13.0 Å². The first-order valence-electron chi connectivity index (χ1n) is 6.42. The summed E-state index contributed by atoms with van der Waals surface area (Å²) in [6.07, 6.45) is 2.29. The zero-order valence-corrected chi connectivity index (χ0v) is 11.6. The highest BCUT2D eigenvalue weighted by molar-refractivity contribution is 7.09. The Morgan fingerprint density at radius 3 is 3.05 bits per heavy atom. The molecule has 4 heteroatoms. The summed E-state index contributed by atoms with van der Waals surface area (Å²) in [5, 5.41) is 0. The van der Waals surface area contributed by atoms with Gasteiger partial charge in [-0.05, 0) is 19.4 Å². The van der Waals surface area contributed by atoms with Crippen LogP contribution in [0.25, 0.3) is 0 Å². The van der Waals surface area contributed by atoms with Crippen LogP contribution in [0.1, 0.15) is 32.9 Å². The summed E-state index contributed by atoms with van der Waals surface area (Å²) >= 11 is 1.67. The minimum Gasteiger partial charge on any atom is -0.493 e. The van der Waals surface area contributed by atoms with Gasteiger partial charge in [-0.1, -0.05) is 12.1 Å². The molecule has 0 aliphatic heterocycles. The first-order valence-corrected chi connectivity index (χ1v) is 7.30. The van der Waals surface area contributed by atoms with Crippen LogP contribution in [0.5, 0.6) is 5.75 Å². The molecule has 0 fully saturated rings. The summed E-state index contributed by atoms with van der Waals surface area (Å²) in [6, 6.07) is 5.75. The van der Waals surface area contributed by atoms with Gasteiger partial charge < -0.3 is 4.74 Å². The lowest BCUT2D eigenvalue weighted by Crippen LogP contribution is -2.03. The number of aromatic nitrogens is 1. The molecule has 0 atom stereocenters. The number of rotatable bonds is 4. The van der Waals surface area contributed by atoms with Gasteiger partial charge in [0.05, 0.1) is 17.8 Å². The first kappa shape index (κ1) is 12.4. The van der Waals surface area contributed by atoms with Crippen molar-refractivity contribution in [3.05, 3.63) is 45.4 Å². The number of nitrogens with zero attached hydrogens (tertiary/aromatic N) is 1. The number of hydrogen-bond acceptors (Lipinski definition) is 4. The van der Waals surface area contributed by atoms with E-state index in [2.05, 4.69) is 4.98 Å². The van der Waals surface area contributed by atoms with Gasteiger partial charge in [-0.15, -0.1) is 11.3 Å². The quantitative estimate of drug-likeness (QED) is 0.858. The Morgan fingerprint density at radius 2 is 2.26 bits per heavy atom. The number of Topliss-reactive ketones (excluding diaryl/α,β-unsaturated/α-hetero) is 1. The molecule has 1 aliphatic carbocycles. The third-order valence-electron chi connectivity index (χ3n) is 3.47. The van der Waals surface area contributed by atoms with Crippen molar-refractivity contribution in [3.8, 4) is 5.75 Å². The molecule has 1 heterocycles. The van der Waals surface area contributed by atoms with Gasteiger partial charge in [-0.2, -0.15) is 0 Å². The molecule has 3 rings (SSSR count). The second-order valence-electron chi connectivity index (χ2n) is 4.66. The second kappa shape index (κ2) is 5.13. The Kier molecular flexibility index (Phi) is 3.34. The molecule has 0 bridgehead atoms. The maximum atomic E-state index is 11.7. The first-order chi connectivity index (χ1) is 9.25. The van der Waals surface area contributed by atoms with Gasteiger partial charge >= 0.3 is 0 Å². The zero-order chi connectivity index (χ0) is 13.2. The van der Waals surface area contributed by atoms with Crippen molar-refractivity contribution < 1.29 is 9.53 Å². The Morgan fingerprint density at radius 1 is 1.37 bits per heavy atom. The summed E-state index contributed by atoms with van der Waals surface area (Å²) in [5.41, 5.74) is 4.87. The average Bonchev–Trinajstić information content (AvgIpc) is 2.98. The fourth-order valence-electron chi connectivity index (χ4n) is 2.41. The summed E-state index contributed by atoms with van der Waals surface area (Å²) in [5.74, 6) is 1.10. The van der Waals surface area contributed by atoms with Gasteiger partial charge in [0.15, 0.2) is 5.78 Å². The number of carbonyl (C=O) groups excluding carboxylic acids is 1. The van der Waals surface area contributed by atoms with Crippen molar-refractivity contribution in [2.75, 3.05) is 6.61 Å². The van der Waals surface area contributed by atoms with Crippen molar-refractivity contribution in [2.24, 2.45) is 0 Å². The number of aryl methyl sites for hydroxylation is 1. The van der Waals surface area contributed by atoms with Gasteiger partial charge in [-0.25, -0.2) is 4.98 Å². The van der Waals surface area contributed by atoms with Crippen LogP contribution in [-0.2, 0) is 12.8 Å². The van der Waals surface area contributed by atoms with E-state index in [1.165, 1.54) is 4.88 Å². The Hall–Kier alpha value is -1.68. The molecule has 0 radical (unpaired) electrons. The van der Waals surface area contributed by atoms with Crippen LogP contribution < -0.4 is 4.74 Å². The Bertz CT molecular complexity index is 618. The average molecular weight is 273 g/mol. The van der Waals surface area contributed by atoms with E-state index in [4.69, 9.17) is 4.74 Å². The zero-order valence-electron chi connectivity index (χ0n) is 10.8. The van der Waals surface area contributed by atoms with E-state index in [1.807, 2.05) is 30.6 Å². The van der Waals surface area contributed by atoms with E-state index in [1.54, 1.807) is 11.3 Å². The summed E-state index contributed by atoms with van der Waals surface area (Å²) in [7, 11) is 0. The molecule has 0 N–H and O–H groups in total. The van der Waals surface area contributed by atoms with Crippen LogP contribution in [0.15, 0.2) is 23.7 Å². The third-order valence-corrected chi connectivity index (χ3v) is 4.46. The molecule has 19 heavy (non-hydrogen) atoms. The Labute approximate surface area is 116 Å². The number of benzene rings is 1. The Balaban J connectivity index is 1.68. The molecule has 0 saturated heterocycles. The molecule has 1 aromatic heterocycles. The molecule has 0 amide bonds. The maximum Gasteiger partial charge on any atom is 0.163 e. The minimum atomic E-state index is 0.235. The predicted octanol–water partition coefficient (Wildman–Crippen LogP) is 3.20.